The summed E-state index contributed by atoms with van der Waals surface area (Å²) in [6, 6.07) is 14.8. The number of nitrogens with one attached hydrogen (secondary N) is 1. The van der Waals surface area contributed by atoms with Gasteiger partial charge in [0.25, 0.3) is 5.91 Å². The molecule has 0 aliphatic rings. The molecule has 0 radical (unpaired) electrons. The van der Waals surface area contributed by atoms with Gasteiger partial charge in [-0.3, -0.25) is 4.79 Å². The molecule has 0 unspecified atom stereocenters. The van der Waals surface area contributed by atoms with E-state index in [0.29, 0.717) is 22.1 Å². The van der Waals surface area contributed by atoms with E-state index in [4.69, 9.17) is 11.6 Å². The lowest BCUT2D eigenvalue weighted by atomic mass is 10.1. The van der Waals surface area contributed by atoms with Crippen LogP contribution in [0.25, 0.3) is 16.9 Å². The fourth-order valence-corrected chi connectivity index (χ4v) is 2.76. The molecular formula is C20H19ClFN3O. The van der Waals surface area contributed by atoms with E-state index in [-0.39, 0.29) is 11.7 Å². The first kappa shape index (κ1) is 18.1. The molecule has 0 saturated heterocycles. The van der Waals surface area contributed by atoms with Gasteiger partial charge in [-0.1, -0.05) is 29.8 Å². The van der Waals surface area contributed by atoms with Crippen LogP contribution in [0.1, 0.15) is 31.3 Å². The molecule has 6 heteroatoms. The molecule has 2 aromatic carbocycles. The van der Waals surface area contributed by atoms with E-state index in [1.807, 2.05) is 39.0 Å². The Morgan fingerprint density at radius 1 is 1.12 bits per heavy atom. The predicted octanol–water partition coefficient (Wildman–Crippen LogP) is 4.86. The molecule has 0 atom stereocenters. The summed E-state index contributed by atoms with van der Waals surface area (Å²) in [5, 5.41) is 8.01. The predicted molar refractivity (Wildman–Crippen MR) is 101 cm³/mol. The topological polar surface area (TPSA) is 46.9 Å². The van der Waals surface area contributed by atoms with E-state index in [2.05, 4.69) is 10.4 Å². The smallest absolute Gasteiger partial charge is 0.270 e. The van der Waals surface area contributed by atoms with Gasteiger partial charge in [0.05, 0.1) is 16.4 Å². The van der Waals surface area contributed by atoms with Gasteiger partial charge < -0.3 is 5.32 Å². The highest BCUT2D eigenvalue weighted by atomic mass is 35.5. The van der Waals surface area contributed by atoms with Crippen molar-refractivity contribution in [2.75, 3.05) is 0 Å². The second-order valence-electron chi connectivity index (χ2n) is 6.99. The van der Waals surface area contributed by atoms with Crippen molar-refractivity contribution in [3.63, 3.8) is 0 Å². The van der Waals surface area contributed by atoms with Crippen LogP contribution in [-0.4, -0.2) is 21.2 Å². The summed E-state index contributed by atoms with van der Waals surface area (Å²) in [6.45, 7) is 5.70. The number of rotatable bonds is 3. The highest BCUT2D eigenvalue weighted by Gasteiger charge is 2.22. The number of carbonyl (C=O) groups is 1. The van der Waals surface area contributed by atoms with Gasteiger partial charge in [0.1, 0.15) is 11.5 Å². The van der Waals surface area contributed by atoms with E-state index < -0.39 is 5.54 Å². The van der Waals surface area contributed by atoms with Crippen molar-refractivity contribution in [1.82, 2.24) is 15.1 Å². The summed E-state index contributed by atoms with van der Waals surface area (Å²) in [4.78, 5) is 12.8. The van der Waals surface area contributed by atoms with E-state index in [9.17, 15) is 9.18 Å². The number of halogens is 2. The molecule has 0 saturated carbocycles. The number of amides is 1. The van der Waals surface area contributed by atoms with Crippen molar-refractivity contribution in [3.05, 3.63) is 71.1 Å². The summed E-state index contributed by atoms with van der Waals surface area (Å²) in [5.74, 6) is -0.624. The monoisotopic (exact) mass is 371 g/mol. The fraction of sp³-hybridized carbons (Fsp3) is 0.200. The maximum Gasteiger partial charge on any atom is 0.270 e. The summed E-state index contributed by atoms with van der Waals surface area (Å²) in [7, 11) is 0. The van der Waals surface area contributed by atoms with Crippen LogP contribution in [0.2, 0.25) is 5.02 Å². The maximum absolute atomic E-state index is 13.3. The Hall–Kier alpha value is -2.66. The second kappa shape index (κ2) is 6.92. The van der Waals surface area contributed by atoms with Crippen LogP contribution in [0, 0.1) is 5.82 Å². The van der Waals surface area contributed by atoms with Crippen molar-refractivity contribution in [1.29, 1.82) is 0 Å². The van der Waals surface area contributed by atoms with Crippen molar-refractivity contribution in [2.45, 2.75) is 26.3 Å². The molecule has 3 aromatic rings. The summed E-state index contributed by atoms with van der Waals surface area (Å²) < 4.78 is 14.8. The van der Waals surface area contributed by atoms with Crippen LogP contribution in [0.15, 0.2) is 54.6 Å². The van der Waals surface area contributed by atoms with Gasteiger partial charge in [0, 0.05) is 11.1 Å². The Bertz CT molecular complexity index is 942. The minimum Gasteiger partial charge on any atom is -0.346 e. The Morgan fingerprint density at radius 2 is 1.77 bits per heavy atom. The van der Waals surface area contributed by atoms with E-state index >= 15 is 0 Å². The van der Waals surface area contributed by atoms with Gasteiger partial charge in [0.2, 0.25) is 0 Å². The van der Waals surface area contributed by atoms with Crippen molar-refractivity contribution >= 4 is 17.5 Å². The molecule has 0 fully saturated rings. The van der Waals surface area contributed by atoms with Crippen molar-refractivity contribution in [2.24, 2.45) is 0 Å². The second-order valence-corrected chi connectivity index (χ2v) is 7.39. The Kier molecular flexibility index (Phi) is 4.83. The minimum absolute atomic E-state index is 0.271. The first-order valence-corrected chi connectivity index (χ1v) is 8.56. The van der Waals surface area contributed by atoms with Gasteiger partial charge >= 0.3 is 0 Å². The number of nitrogens with zero attached hydrogens (tertiary/aromatic N) is 2. The molecule has 0 aliphatic carbocycles. The number of hydrogen-bond acceptors (Lipinski definition) is 2. The Labute approximate surface area is 156 Å². The quantitative estimate of drug-likeness (QED) is 0.714. The molecule has 1 aromatic heterocycles. The van der Waals surface area contributed by atoms with E-state index in [1.54, 1.807) is 24.3 Å². The third-order valence-electron chi connectivity index (χ3n) is 3.65. The molecule has 1 N–H and O–H groups in total. The van der Waals surface area contributed by atoms with E-state index in [1.165, 1.54) is 16.8 Å². The third-order valence-corrected chi connectivity index (χ3v) is 3.98. The maximum atomic E-state index is 13.3. The zero-order chi connectivity index (χ0) is 18.9. The van der Waals surface area contributed by atoms with Crippen LogP contribution in [0.3, 0.4) is 0 Å². The van der Waals surface area contributed by atoms with Crippen LogP contribution in [0.4, 0.5) is 4.39 Å². The minimum atomic E-state index is -0.403. The molecule has 3 rings (SSSR count). The number of hydrogen-bond donors (Lipinski definition) is 1. The van der Waals surface area contributed by atoms with Crippen molar-refractivity contribution < 1.29 is 9.18 Å². The zero-order valence-corrected chi connectivity index (χ0v) is 15.5. The summed E-state index contributed by atoms with van der Waals surface area (Å²) >= 11 is 6.27. The SMILES string of the molecule is CC(C)(C)NC(=O)c1cc(-c2ccccc2Cl)nn1-c1ccc(F)cc1. The molecule has 0 spiro atoms. The van der Waals surface area contributed by atoms with Crippen LogP contribution in [0.5, 0.6) is 0 Å². The number of benzene rings is 2. The summed E-state index contributed by atoms with van der Waals surface area (Å²) in [5.41, 5.74) is 1.82. The lowest BCUT2D eigenvalue weighted by Crippen LogP contribution is -2.41. The summed E-state index contributed by atoms with van der Waals surface area (Å²) in [6.07, 6.45) is 0. The fourth-order valence-electron chi connectivity index (χ4n) is 2.53. The lowest BCUT2D eigenvalue weighted by Gasteiger charge is -2.20. The van der Waals surface area contributed by atoms with Gasteiger partial charge in [-0.15, -0.1) is 0 Å². The Morgan fingerprint density at radius 3 is 2.38 bits per heavy atom. The lowest BCUT2D eigenvalue weighted by molar-refractivity contribution is 0.0911. The standard InChI is InChI=1S/C20H19ClFN3O/c1-20(2,3)23-19(26)18-12-17(15-6-4-5-7-16(15)21)24-25(18)14-10-8-13(22)9-11-14/h4-12H,1-3H3,(H,23,26). The molecule has 1 amide bonds. The number of aromatic nitrogens is 2. The van der Waals surface area contributed by atoms with Crippen molar-refractivity contribution in [3.8, 4) is 16.9 Å². The van der Waals surface area contributed by atoms with Crippen LogP contribution >= 0.6 is 11.6 Å². The molecular weight excluding hydrogens is 353 g/mol. The molecule has 0 aliphatic heterocycles. The van der Waals surface area contributed by atoms with Gasteiger partial charge in [0.15, 0.2) is 0 Å². The largest absolute Gasteiger partial charge is 0.346 e. The zero-order valence-electron chi connectivity index (χ0n) is 14.8. The van der Waals surface area contributed by atoms with Gasteiger partial charge in [-0.05, 0) is 57.2 Å². The average molecular weight is 372 g/mol. The highest BCUT2D eigenvalue weighted by molar-refractivity contribution is 6.33. The van der Waals surface area contributed by atoms with E-state index in [0.717, 1.165) is 5.56 Å². The third kappa shape index (κ3) is 3.94. The number of carbonyl (C=O) groups excluding carboxylic acids is 1. The van der Waals surface area contributed by atoms with Gasteiger partial charge in [-0.25, -0.2) is 9.07 Å². The van der Waals surface area contributed by atoms with Gasteiger partial charge in [-0.2, -0.15) is 5.10 Å². The average Bonchev–Trinajstić information content (AvgIpc) is 2.99. The molecule has 0 bridgehead atoms. The molecule has 26 heavy (non-hydrogen) atoms. The van der Waals surface area contributed by atoms with Crippen LogP contribution in [-0.2, 0) is 0 Å². The highest BCUT2D eigenvalue weighted by Crippen LogP contribution is 2.28. The first-order chi connectivity index (χ1) is 12.2. The normalized spacial score (nSPS) is 11.4. The molecule has 1 heterocycles. The Balaban J connectivity index is 2.13. The molecule has 4 nitrogen and oxygen atoms in total. The first-order valence-electron chi connectivity index (χ1n) is 8.18. The van der Waals surface area contributed by atoms with Crippen LogP contribution < -0.4 is 5.32 Å². The molecule has 134 valence electrons.